The van der Waals surface area contributed by atoms with E-state index in [4.69, 9.17) is 18.4 Å². The van der Waals surface area contributed by atoms with Crippen LogP contribution in [0.3, 0.4) is 0 Å². The fraction of sp³-hybridized carbons (Fsp3) is 0.500. The summed E-state index contributed by atoms with van der Waals surface area (Å²) in [6.07, 6.45) is -1.16. The summed E-state index contributed by atoms with van der Waals surface area (Å²) in [5, 5.41) is 11.1. The minimum absolute atomic E-state index is 0. The number of ether oxygens (including phenoxy) is 3. The number of carbonyl (C=O) groups is 2. The van der Waals surface area contributed by atoms with Crippen LogP contribution in [-0.2, 0) is 44.7 Å². The van der Waals surface area contributed by atoms with Gasteiger partial charge in [-0.2, -0.15) is 8.42 Å². The number of rotatable bonds is 18. The Kier molecular flexibility index (Phi) is 14.8. The Morgan fingerprint density at radius 1 is 1.02 bits per heavy atom. The zero-order valence-electron chi connectivity index (χ0n) is 27.6. The number of esters is 1. The number of benzene rings is 2. The summed E-state index contributed by atoms with van der Waals surface area (Å²) < 4.78 is 50.1. The van der Waals surface area contributed by atoms with Gasteiger partial charge in [-0.15, -0.1) is 0 Å². The molecule has 1 aliphatic heterocycles. The lowest BCUT2D eigenvalue weighted by molar-refractivity contribution is -0.958. The summed E-state index contributed by atoms with van der Waals surface area (Å²) in [5.41, 5.74) is 0.833. The molecule has 0 spiro atoms. The van der Waals surface area contributed by atoms with E-state index in [0.29, 0.717) is 36.3 Å². The lowest BCUT2D eigenvalue weighted by atomic mass is 10.0. The van der Waals surface area contributed by atoms with Crippen molar-refractivity contribution in [1.29, 1.82) is 0 Å². The van der Waals surface area contributed by atoms with Crippen molar-refractivity contribution in [3.8, 4) is 0 Å². The predicted molar refractivity (Wildman–Crippen MR) is 168 cm³/mol. The van der Waals surface area contributed by atoms with E-state index in [2.05, 4.69) is 0 Å². The fourth-order valence-corrected chi connectivity index (χ4v) is 6.37. The Hall–Kier alpha value is -3.56. The number of β-lactam (4-membered cyclic amide) rings is 1. The molecular formula is C32H44ClN3O10S. The van der Waals surface area contributed by atoms with Gasteiger partial charge in [0.05, 0.1) is 31.2 Å². The molecule has 1 aliphatic rings. The average molecular weight is 698 g/mol. The molecule has 0 saturated carbocycles. The molecule has 0 N–H and O–H groups in total. The van der Waals surface area contributed by atoms with Crippen LogP contribution in [0.4, 0.5) is 5.69 Å². The number of likely N-dealkylation sites (tertiary alicyclic amines) is 1. The molecule has 0 bridgehead atoms. The van der Waals surface area contributed by atoms with Crippen LogP contribution in [-0.4, -0.2) is 79.9 Å². The number of aryl methyl sites for hydroxylation is 1. The number of amides is 1. The standard InChI is InChI=1S/C32H44N3O10S.ClH/c1-7-35(8-2,9-3)29-21-30(36)33(29)31(32(37)44-22-25-13-15-26(16-14-25)34(38)39)28(19-20-43-24(6)42-10-4)45-46(40,41)27-17-11-23(5)12-18-27;/h11-18,24,29H,7-10,19-22H2,1-6H3;1H/q+1;/p-1. The van der Waals surface area contributed by atoms with Gasteiger partial charge in [0, 0.05) is 25.2 Å². The Bertz CT molecular complexity index is 1500. The maximum Gasteiger partial charge on any atom is 0.359 e. The molecule has 2 aromatic rings. The van der Waals surface area contributed by atoms with E-state index in [1.807, 2.05) is 27.7 Å². The van der Waals surface area contributed by atoms with E-state index in [1.54, 1.807) is 26.0 Å². The van der Waals surface area contributed by atoms with Crippen LogP contribution in [0.2, 0.25) is 0 Å². The van der Waals surface area contributed by atoms with Crippen LogP contribution in [0.1, 0.15) is 58.6 Å². The highest BCUT2D eigenvalue weighted by Gasteiger charge is 2.53. The molecule has 0 radical (unpaired) electrons. The van der Waals surface area contributed by atoms with E-state index in [0.717, 1.165) is 5.56 Å². The summed E-state index contributed by atoms with van der Waals surface area (Å²) in [6.45, 7) is 13.2. The highest BCUT2D eigenvalue weighted by atomic mass is 35.5. The summed E-state index contributed by atoms with van der Waals surface area (Å²) in [4.78, 5) is 39.0. The Morgan fingerprint density at radius 2 is 1.62 bits per heavy atom. The minimum Gasteiger partial charge on any atom is -1.00 e. The third-order valence-electron chi connectivity index (χ3n) is 8.26. The Labute approximate surface area is 282 Å². The van der Waals surface area contributed by atoms with Gasteiger partial charge < -0.3 is 35.3 Å². The van der Waals surface area contributed by atoms with Crippen LogP contribution in [0.5, 0.6) is 0 Å². The second-order valence-electron chi connectivity index (χ2n) is 10.9. The van der Waals surface area contributed by atoms with Gasteiger partial charge in [0.25, 0.3) is 5.69 Å². The molecule has 1 saturated heterocycles. The second kappa shape index (κ2) is 17.6. The SMILES string of the molecule is CCOC(C)OCCC(OS(=O)(=O)c1ccc(C)cc1)=C(C(=O)OCc1ccc([N+](=O)[O-])cc1)N1C(=O)CC1[N+](CC)(CC)CC.[Cl-]. The van der Waals surface area contributed by atoms with Gasteiger partial charge >= 0.3 is 16.1 Å². The summed E-state index contributed by atoms with van der Waals surface area (Å²) >= 11 is 0. The highest BCUT2D eigenvalue weighted by molar-refractivity contribution is 7.86. The maximum absolute atomic E-state index is 14.0. The molecule has 2 aromatic carbocycles. The molecule has 2 unspecified atom stereocenters. The monoisotopic (exact) mass is 697 g/mol. The topological polar surface area (TPSA) is 152 Å². The first kappa shape index (κ1) is 39.6. The third-order valence-corrected chi connectivity index (χ3v) is 9.53. The van der Waals surface area contributed by atoms with Crippen molar-refractivity contribution in [3.05, 3.63) is 81.2 Å². The average Bonchev–Trinajstić information content (AvgIpc) is 3.03. The molecule has 260 valence electrons. The van der Waals surface area contributed by atoms with Gasteiger partial charge in [0.2, 0.25) is 5.91 Å². The van der Waals surface area contributed by atoms with Crippen LogP contribution >= 0.6 is 0 Å². The van der Waals surface area contributed by atoms with Gasteiger partial charge in [-0.3, -0.25) is 19.8 Å². The molecule has 13 nitrogen and oxygen atoms in total. The third kappa shape index (κ3) is 9.73. The fourth-order valence-electron chi connectivity index (χ4n) is 5.38. The number of carbonyl (C=O) groups excluding carboxylic acids is 2. The smallest absolute Gasteiger partial charge is 0.359 e. The summed E-state index contributed by atoms with van der Waals surface area (Å²) in [6, 6.07) is 11.5. The predicted octanol–water partition coefficient (Wildman–Crippen LogP) is 1.79. The van der Waals surface area contributed by atoms with Gasteiger partial charge in [-0.25, -0.2) is 4.79 Å². The van der Waals surface area contributed by atoms with E-state index >= 15 is 0 Å². The second-order valence-corrected chi connectivity index (χ2v) is 12.4. The molecule has 3 rings (SSSR count). The Balaban J connectivity index is 0.00000768. The van der Waals surface area contributed by atoms with Gasteiger partial charge in [0.1, 0.15) is 17.9 Å². The molecular weight excluding hydrogens is 654 g/mol. The summed E-state index contributed by atoms with van der Waals surface area (Å²) in [5.74, 6) is -1.68. The minimum atomic E-state index is -4.46. The molecule has 0 aromatic heterocycles. The first-order valence-electron chi connectivity index (χ1n) is 15.4. The van der Waals surface area contributed by atoms with Crippen LogP contribution in [0.25, 0.3) is 0 Å². The van der Waals surface area contributed by atoms with Crippen LogP contribution in [0.15, 0.2) is 64.9 Å². The molecule has 15 heteroatoms. The van der Waals surface area contributed by atoms with E-state index in [-0.39, 0.29) is 66.4 Å². The van der Waals surface area contributed by atoms with Crippen molar-refractivity contribution in [2.24, 2.45) is 0 Å². The summed E-state index contributed by atoms with van der Waals surface area (Å²) in [7, 11) is -4.46. The van der Waals surface area contributed by atoms with Crippen molar-refractivity contribution in [3.63, 3.8) is 0 Å². The molecule has 47 heavy (non-hydrogen) atoms. The Morgan fingerprint density at radius 3 is 2.13 bits per heavy atom. The zero-order valence-corrected chi connectivity index (χ0v) is 29.2. The lowest BCUT2D eigenvalue weighted by Gasteiger charge is -2.52. The zero-order chi connectivity index (χ0) is 34.1. The van der Waals surface area contributed by atoms with Crippen molar-refractivity contribution in [2.75, 3.05) is 32.8 Å². The number of nitro benzene ring substituents is 1. The number of hydrogen-bond acceptors (Lipinski definition) is 10. The lowest BCUT2D eigenvalue weighted by Crippen LogP contribution is -3.00. The molecule has 2 atom stereocenters. The number of halogens is 1. The molecule has 0 aliphatic carbocycles. The van der Waals surface area contributed by atoms with E-state index in [1.165, 1.54) is 41.3 Å². The van der Waals surface area contributed by atoms with Gasteiger partial charge in [-0.05, 0) is 71.4 Å². The van der Waals surface area contributed by atoms with Crippen molar-refractivity contribution < 1.29 is 58.2 Å². The highest BCUT2D eigenvalue weighted by Crippen LogP contribution is 2.36. The van der Waals surface area contributed by atoms with Crippen LogP contribution < -0.4 is 12.4 Å². The van der Waals surface area contributed by atoms with E-state index in [9.17, 15) is 28.1 Å². The largest absolute Gasteiger partial charge is 1.00 e. The number of hydrogen-bond donors (Lipinski definition) is 0. The maximum atomic E-state index is 14.0. The number of non-ortho nitro benzene ring substituents is 1. The molecule has 1 amide bonds. The van der Waals surface area contributed by atoms with Crippen molar-refractivity contribution >= 4 is 27.7 Å². The number of nitro groups is 1. The van der Waals surface area contributed by atoms with Crippen molar-refractivity contribution in [2.45, 2.75) is 78.3 Å². The van der Waals surface area contributed by atoms with Crippen LogP contribution in [0, 0.1) is 17.0 Å². The number of nitrogens with zero attached hydrogens (tertiary/aromatic N) is 3. The first-order chi connectivity index (χ1) is 21.8. The van der Waals surface area contributed by atoms with Gasteiger partial charge in [-0.1, -0.05) is 17.7 Å². The number of quaternary nitrogens is 1. The normalized spacial score (nSPS) is 16.0. The molecule has 1 fully saturated rings. The van der Waals surface area contributed by atoms with Crippen molar-refractivity contribution in [1.82, 2.24) is 4.90 Å². The van der Waals surface area contributed by atoms with E-state index < -0.39 is 33.5 Å². The quantitative estimate of drug-likeness (QED) is 0.0260. The first-order valence-corrected chi connectivity index (χ1v) is 16.8. The molecule has 1 heterocycles. The van der Waals surface area contributed by atoms with Gasteiger partial charge in [0.15, 0.2) is 23.9 Å².